The standard InChI is InChI=1S/C10H15ClN4O/c1-6-8(12)9(15-10(11)13-6)14-7-3-2-4-16-5-7/h7H,2-5,12H2,1H3,(H,13,14,15). The molecular weight excluding hydrogens is 228 g/mol. The van der Waals surface area contributed by atoms with E-state index in [9.17, 15) is 0 Å². The molecule has 2 rings (SSSR count). The van der Waals surface area contributed by atoms with E-state index in [0.717, 1.165) is 19.4 Å². The second kappa shape index (κ2) is 4.84. The van der Waals surface area contributed by atoms with E-state index in [-0.39, 0.29) is 11.3 Å². The summed E-state index contributed by atoms with van der Waals surface area (Å²) in [6.07, 6.45) is 2.11. The molecule has 3 N–H and O–H groups in total. The average Bonchev–Trinajstić information content (AvgIpc) is 2.27. The molecule has 16 heavy (non-hydrogen) atoms. The molecule has 0 aromatic carbocycles. The molecule has 1 aromatic heterocycles. The molecule has 0 spiro atoms. The lowest BCUT2D eigenvalue weighted by Crippen LogP contribution is -2.30. The summed E-state index contributed by atoms with van der Waals surface area (Å²) in [6, 6.07) is 0.251. The molecule has 0 saturated carbocycles. The summed E-state index contributed by atoms with van der Waals surface area (Å²) in [7, 11) is 0. The topological polar surface area (TPSA) is 73.1 Å². The fourth-order valence-corrected chi connectivity index (χ4v) is 1.92. The van der Waals surface area contributed by atoms with Crippen molar-refractivity contribution in [3.05, 3.63) is 11.0 Å². The minimum atomic E-state index is 0.214. The van der Waals surface area contributed by atoms with Crippen LogP contribution in [0, 0.1) is 6.92 Å². The smallest absolute Gasteiger partial charge is 0.224 e. The molecule has 0 amide bonds. The minimum absolute atomic E-state index is 0.214. The summed E-state index contributed by atoms with van der Waals surface area (Å²) in [5.74, 6) is 0.605. The van der Waals surface area contributed by atoms with Gasteiger partial charge in [0.2, 0.25) is 5.28 Å². The fraction of sp³-hybridized carbons (Fsp3) is 0.600. The van der Waals surface area contributed by atoms with Crippen LogP contribution in [0.5, 0.6) is 0 Å². The van der Waals surface area contributed by atoms with Gasteiger partial charge in [-0.3, -0.25) is 0 Å². The summed E-state index contributed by atoms with van der Waals surface area (Å²) in [5, 5.41) is 3.46. The molecule has 1 saturated heterocycles. The number of anilines is 2. The van der Waals surface area contributed by atoms with Crippen LogP contribution >= 0.6 is 11.6 Å². The summed E-state index contributed by atoms with van der Waals surface area (Å²) in [6.45, 7) is 3.32. The Bertz CT molecular complexity index is 379. The number of nitrogens with one attached hydrogen (secondary N) is 1. The minimum Gasteiger partial charge on any atom is -0.394 e. The molecule has 0 bridgehead atoms. The number of hydrogen-bond donors (Lipinski definition) is 2. The van der Waals surface area contributed by atoms with Gasteiger partial charge < -0.3 is 15.8 Å². The molecule has 1 aromatic rings. The first-order chi connectivity index (χ1) is 7.66. The molecule has 1 fully saturated rings. The number of halogens is 1. The highest BCUT2D eigenvalue weighted by atomic mass is 35.5. The van der Waals surface area contributed by atoms with E-state index in [1.807, 2.05) is 6.92 Å². The van der Waals surface area contributed by atoms with Crippen molar-refractivity contribution in [3.63, 3.8) is 0 Å². The van der Waals surface area contributed by atoms with Crippen LogP contribution in [-0.2, 0) is 4.74 Å². The highest BCUT2D eigenvalue weighted by Crippen LogP contribution is 2.22. The number of nitrogens with zero attached hydrogens (tertiary/aromatic N) is 2. The Balaban J connectivity index is 2.13. The zero-order valence-corrected chi connectivity index (χ0v) is 9.92. The number of hydrogen-bond acceptors (Lipinski definition) is 5. The second-order valence-electron chi connectivity index (χ2n) is 3.90. The van der Waals surface area contributed by atoms with E-state index in [1.165, 1.54) is 0 Å². The molecule has 0 radical (unpaired) electrons. The molecule has 1 unspecified atom stereocenters. The molecule has 88 valence electrons. The van der Waals surface area contributed by atoms with E-state index in [0.29, 0.717) is 23.8 Å². The molecule has 6 heteroatoms. The van der Waals surface area contributed by atoms with Gasteiger partial charge in [-0.1, -0.05) is 0 Å². The summed E-state index contributed by atoms with van der Waals surface area (Å²) >= 11 is 5.79. The van der Waals surface area contributed by atoms with Crippen molar-refractivity contribution in [2.45, 2.75) is 25.8 Å². The van der Waals surface area contributed by atoms with Gasteiger partial charge in [0.1, 0.15) is 0 Å². The lowest BCUT2D eigenvalue weighted by molar-refractivity contribution is 0.0875. The van der Waals surface area contributed by atoms with Gasteiger partial charge >= 0.3 is 0 Å². The highest BCUT2D eigenvalue weighted by Gasteiger charge is 2.16. The molecule has 1 aliphatic heterocycles. The third kappa shape index (κ3) is 2.54. The van der Waals surface area contributed by atoms with Gasteiger partial charge in [0.25, 0.3) is 0 Å². The molecular formula is C10H15ClN4O. The van der Waals surface area contributed by atoms with Gasteiger partial charge in [-0.2, -0.15) is 4.98 Å². The van der Waals surface area contributed by atoms with E-state index >= 15 is 0 Å². The van der Waals surface area contributed by atoms with Crippen molar-refractivity contribution < 1.29 is 4.74 Å². The Morgan fingerprint density at radius 3 is 3.00 bits per heavy atom. The van der Waals surface area contributed by atoms with Crippen molar-refractivity contribution in [1.29, 1.82) is 0 Å². The first kappa shape index (κ1) is 11.4. The molecule has 2 heterocycles. The van der Waals surface area contributed by atoms with Crippen molar-refractivity contribution >= 4 is 23.1 Å². The molecule has 1 atom stereocenters. The maximum atomic E-state index is 5.88. The first-order valence-corrected chi connectivity index (χ1v) is 5.68. The largest absolute Gasteiger partial charge is 0.394 e. The summed E-state index contributed by atoms with van der Waals surface area (Å²) in [5.41, 5.74) is 7.13. The van der Waals surface area contributed by atoms with Gasteiger partial charge in [-0.25, -0.2) is 4.98 Å². The van der Waals surface area contributed by atoms with Crippen LogP contribution < -0.4 is 11.1 Å². The van der Waals surface area contributed by atoms with Crippen molar-refractivity contribution in [2.75, 3.05) is 24.3 Å². The Morgan fingerprint density at radius 1 is 1.50 bits per heavy atom. The monoisotopic (exact) mass is 242 g/mol. The predicted molar refractivity (Wildman–Crippen MR) is 63.7 cm³/mol. The third-order valence-corrected chi connectivity index (χ3v) is 2.78. The zero-order chi connectivity index (χ0) is 11.5. The number of rotatable bonds is 2. The molecule has 5 nitrogen and oxygen atoms in total. The number of nitrogen functional groups attached to an aromatic ring is 1. The van der Waals surface area contributed by atoms with E-state index < -0.39 is 0 Å². The van der Waals surface area contributed by atoms with Crippen LogP contribution in [0.3, 0.4) is 0 Å². The van der Waals surface area contributed by atoms with Crippen LogP contribution in [-0.4, -0.2) is 29.2 Å². The van der Waals surface area contributed by atoms with Crippen LogP contribution in [0.4, 0.5) is 11.5 Å². The van der Waals surface area contributed by atoms with E-state index in [2.05, 4.69) is 15.3 Å². The van der Waals surface area contributed by atoms with Crippen molar-refractivity contribution in [3.8, 4) is 0 Å². The van der Waals surface area contributed by atoms with Gasteiger partial charge in [0.15, 0.2) is 5.82 Å². The Morgan fingerprint density at radius 2 is 2.31 bits per heavy atom. The average molecular weight is 243 g/mol. The van der Waals surface area contributed by atoms with Crippen LogP contribution in [0.1, 0.15) is 18.5 Å². The zero-order valence-electron chi connectivity index (χ0n) is 9.16. The quantitative estimate of drug-likeness (QED) is 0.771. The van der Waals surface area contributed by atoms with Gasteiger partial charge in [-0.15, -0.1) is 0 Å². The van der Waals surface area contributed by atoms with E-state index in [4.69, 9.17) is 22.1 Å². The Labute approximate surface area is 99.4 Å². The van der Waals surface area contributed by atoms with Gasteiger partial charge in [0, 0.05) is 6.61 Å². The number of aryl methyl sites for hydroxylation is 1. The van der Waals surface area contributed by atoms with Crippen LogP contribution in [0.15, 0.2) is 0 Å². The number of nitrogens with two attached hydrogens (primary N) is 1. The molecule has 1 aliphatic rings. The van der Waals surface area contributed by atoms with Crippen molar-refractivity contribution in [2.24, 2.45) is 0 Å². The Hall–Kier alpha value is -1.07. The normalized spacial score (nSPS) is 20.8. The number of ether oxygens (including phenoxy) is 1. The van der Waals surface area contributed by atoms with Crippen LogP contribution in [0.25, 0.3) is 0 Å². The lowest BCUT2D eigenvalue weighted by Gasteiger charge is -2.24. The maximum Gasteiger partial charge on any atom is 0.224 e. The first-order valence-electron chi connectivity index (χ1n) is 5.30. The summed E-state index contributed by atoms with van der Waals surface area (Å²) in [4.78, 5) is 8.08. The third-order valence-electron chi connectivity index (χ3n) is 2.61. The Kier molecular flexibility index (Phi) is 3.46. The number of aromatic nitrogens is 2. The van der Waals surface area contributed by atoms with Gasteiger partial charge in [-0.05, 0) is 31.4 Å². The van der Waals surface area contributed by atoms with Crippen LogP contribution in [0.2, 0.25) is 5.28 Å². The lowest BCUT2D eigenvalue weighted by atomic mass is 10.1. The van der Waals surface area contributed by atoms with Crippen molar-refractivity contribution in [1.82, 2.24) is 9.97 Å². The summed E-state index contributed by atoms with van der Waals surface area (Å²) < 4.78 is 5.37. The predicted octanol–water partition coefficient (Wildman–Crippen LogP) is 1.61. The maximum absolute atomic E-state index is 5.88. The molecule has 0 aliphatic carbocycles. The second-order valence-corrected chi connectivity index (χ2v) is 4.24. The van der Waals surface area contributed by atoms with E-state index in [1.54, 1.807) is 0 Å². The SMILES string of the molecule is Cc1nc(Cl)nc(NC2CCCOC2)c1N. The highest BCUT2D eigenvalue weighted by molar-refractivity contribution is 6.28. The van der Waals surface area contributed by atoms with Gasteiger partial charge in [0.05, 0.1) is 24.0 Å². The fourth-order valence-electron chi connectivity index (χ4n) is 1.71.